The molecule has 2 heterocycles. The number of fused-ring (bicyclic) bond motifs is 1. The van der Waals surface area contributed by atoms with Crippen molar-refractivity contribution in [3.63, 3.8) is 0 Å². The molecule has 2 aromatic heterocycles. The highest BCUT2D eigenvalue weighted by Crippen LogP contribution is 2.29. The number of anilines is 1. The first kappa shape index (κ1) is 21.4. The van der Waals surface area contributed by atoms with Crippen LogP contribution >= 0.6 is 11.8 Å². The van der Waals surface area contributed by atoms with Crippen molar-refractivity contribution in [1.29, 1.82) is 0 Å². The van der Waals surface area contributed by atoms with Gasteiger partial charge in [0.2, 0.25) is 5.91 Å². The molecule has 0 spiro atoms. The Hall–Kier alpha value is -3.79. The van der Waals surface area contributed by atoms with E-state index in [4.69, 9.17) is 9.47 Å². The van der Waals surface area contributed by atoms with Crippen LogP contribution in [-0.4, -0.2) is 39.3 Å². The van der Waals surface area contributed by atoms with Crippen LogP contribution in [0, 0.1) is 6.92 Å². The SMILES string of the molecule is COc1ccc(NC(=O)Cn2nc3c(Sc4ccc(C)cc4)nccn3c2=O)c(OC)c1. The number of carbonyl (C=O) groups is 1. The molecule has 1 N–H and O–H groups in total. The fraction of sp³-hybridized carbons (Fsp3) is 0.182. The Bertz CT molecular complexity index is 1330. The van der Waals surface area contributed by atoms with Gasteiger partial charge in [-0.15, -0.1) is 5.10 Å². The summed E-state index contributed by atoms with van der Waals surface area (Å²) in [4.78, 5) is 30.7. The summed E-state index contributed by atoms with van der Waals surface area (Å²) in [5.74, 6) is 0.628. The largest absolute Gasteiger partial charge is 0.497 e. The van der Waals surface area contributed by atoms with Crippen molar-refractivity contribution in [3.05, 3.63) is 70.9 Å². The van der Waals surface area contributed by atoms with Gasteiger partial charge in [0.25, 0.3) is 0 Å². The first-order valence-electron chi connectivity index (χ1n) is 9.69. The molecule has 0 fully saturated rings. The quantitative estimate of drug-likeness (QED) is 0.461. The van der Waals surface area contributed by atoms with Gasteiger partial charge in [0, 0.05) is 23.4 Å². The van der Waals surface area contributed by atoms with Crippen molar-refractivity contribution in [2.45, 2.75) is 23.4 Å². The minimum atomic E-state index is -0.426. The maximum atomic E-state index is 12.8. The van der Waals surface area contributed by atoms with Crippen LogP contribution in [0.3, 0.4) is 0 Å². The topological polar surface area (TPSA) is 99.7 Å². The van der Waals surface area contributed by atoms with E-state index >= 15 is 0 Å². The first-order valence-corrected chi connectivity index (χ1v) is 10.5. The van der Waals surface area contributed by atoms with Crippen molar-refractivity contribution < 1.29 is 14.3 Å². The number of carbonyl (C=O) groups excluding carboxylic acids is 1. The third-order valence-electron chi connectivity index (χ3n) is 4.68. The van der Waals surface area contributed by atoms with E-state index in [0.29, 0.717) is 27.9 Å². The molecule has 0 saturated heterocycles. The van der Waals surface area contributed by atoms with E-state index in [0.717, 1.165) is 15.1 Å². The third kappa shape index (κ3) is 4.45. The highest BCUT2D eigenvalue weighted by Gasteiger charge is 2.16. The fourth-order valence-electron chi connectivity index (χ4n) is 3.05. The van der Waals surface area contributed by atoms with Crippen LogP contribution < -0.4 is 20.5 Å². The van der Waals surface area contributed by atoms with Gasteiger partial charge in [-0.25, -0.2) is 18.9 Å². The number of aryl methyl sites for hydroxylation is 1. The molecule has 0 bridgehead atoms. The molecule has 0 aliphatic rings. The Morgan fingerprint density at radius 1 is 1.12 bits per heavy atom. The molecule has 164 valence electrons. The molecule has 32 heavy (non-hydrogen) atoms. The number of benzene rings is 2. The molecule has 0 unspecified atom stereocenters. The number of nitrogens with one attached hydrogen (secondary N) is 1. The van der Waals surface area contributed by atoms with Crippen LogP contribution in [0.2, 0.25) is 0 Å². The van der Waals surface area contributed by atoms with Crippen LogP contribution in [0.15, 0.2) is 69.6 Å². The molecular formula is C22H21N5O4S. The zero-order valence-electron chi connectivity index (χ0n) is 17.7. The lowest BCUT2D eigenvalue weighted by molar-refractivity contribution is -0.117. The molecule has 4 rings (SSSR count). The van der Waals surface area contributed by atoms with Crippen molar-refractivity contribution in [2.24, 2.45) is 0 Å². The van der Waals surface area contributed by atoms with E-state index in [2.05, 4.69) is 15.4 Å². The number of ether oxygens (including phenoxy) is 2. The molecule has 0 aliphatic heterocycles. The van der Waals surface area contributed by atoms with Crippen molar-refractivity contribution in [3.8, 4) is 11.5 Å². The lowest BCUT2D eigenvalue weighted by atomic mass is 10.2. The summed E-state index contributed by atoms with van der Waals surface area (Å²) in [6.45, 7) is 1.76. The van der Waals surface area contributed by atoms with E-state index in [1.807, 2.05) is 31.2 Å². The number of amides is 1. The van der Waals surface area contributed by atoms with Gasteiger partial charge in [-0.1, -0.05) is 29.5 Å². The summed E-state index contributed by atoms with van der Waals surface area (Å²) >= 11 is 1.40. The Morgan fingerprint density at radius 2 is 1.91 bits per heavy atom. The summed E-state index contributed by atoms with van der Waals surface area (Å²) < 4.78 is 13.0. The van der Waals surface area contributed by atoms with Crippen molar-refractivity contribution >= 4 is 29.0 Å². The molecular weight excluding hydrogens is 430 g/mol. The van der Waals surface area contributed by atoms with Gasteiger partial charge in [0.15, 0.2) is 5.65 Å². The lowest BCUT2D eigenvalue weighted by Crippen LogP contribution is -2.28. The smallest absolute Gasteiger partial charge is 0.350 e. The zero-order valence-corrected chi connectivity index (χ0v) is 18.5. The number of methoxy groups -OCH3 is 2. The summed E-state index contributed by atoms with van der Waals surface area (Å²) in [6, 6.07) is 13.0. The third-order valence-corrected chi connectivity index (χ3v) is 5.67. The highest BCUT2D eigenvalue weighted by molar-refractivity contribution is 7.99. The van der Waals surface area contributed by atoms with Crippen molar-refractivity contribution in [2.75, 3.05) is 19.5 Å². The Balaban J connectivity index is 1.57. The van der Waals surface area contributed by atoms with Gasteiger partial charge in [0.1, 0.15) is 23.1 Å². The monoisotopic (exact) mass is 451 g/mol. The molecule has 0 atom stereocenters. The predicted octanol–water partition coefficient (Wildman–Crippen LogP) is 3.01. The van der Waals surface area contributed by atoms with Crippen LogP contribution in [0.25, 0.3) is 5.65 Å². The van der Waals surface area contributed by atoms with Gasteiger partial charge in [-0.3, -0.25) is 4.79 Å². The first-order chi connectivity index (χ1) is 15.5. The van der Waals surface area contributed by atoms with Crippen LogP contribution in [0.4, 0.5) is 5.69 Å². The molecule has 1 amide bonds. The van der Waals surface area contributed by atoms with E-state index in [1.54, 1.807) is 31.5 Å². The van der Waals surface area contributed by atoms with Crippen LogP contribution in [0.5, 0.6) is 11.5 Å². The molecule has 0 saturated carbocycles. The molecule has 10 heteroatoms. The Labute approximate surface area is 188 Å². The lowest BCUT2D eigenvalue weighted by Gasteiger charge is -2.11. The Kier molecular flexibility index (Phi) is 6.13. The van der Waals surface area contributed by atoms with Crippen LogP contribution in [0.1, 0.15) is 5.56 Å². The molecule has 0 radical (unpaired) electrons. The second-order valence-corrected chi connectivity index (χ2v) is 7.96. The fourth-order valence-corrected chi connectivity index (χ4v) is 3.89. The minimum absolute atomic E-state index is 0.260. The number of nitrogens with zero attached hydrogens (tertiary/aromatic N) is 4. The summed E-state index contributed by atoms with van der Waals surface area (Å²) in [5.41, 5.74) is 1.58. The normalized spacial score (nSPS) is 10.8. The van der Waals surface area contributed by atoms with Gasteiger partial charge < -0.3 is 14.8 Å². The zero-order chi connectivity index (χ0) is 22.7. The highest BCUT2D eigenvalue weighted by atomic mass is 32.2. The predicted molar refractivity (Wildman–Crippen MR) is 121 cm³/mol. The van der Waals surface area contributed by atoms with E-state index in [-0.39, 0.29) is 6.54 Å². The summed E-state index contributed by atoms with van der Waals surface area (Å²) in [7, 11) is 3.04. The number of aromatic nitrogens is 4. The molecule has 0 aliphatic carbocycles. The maximum absolute atomic E-state index is 12.8. The Morgan fingerprint density at radius 3 is 2.62 bits per heavy atom. The molecule has 2 aromatic carbocycles. The molecule has 9 nitrogen and oxygen atoms in total. The summed E-state index contributed by atoms with van der Waals surface area (Å²) in [6.07, 6.45) is 3.07. The average molecular weight is 452 g/mol. The van der Waals surface area contributed by atoms with Gasteiger partial charge in [-0.2, -0.15) is 0 Å². The maximum Gasteiger partial charge on any atom is 0.350 e. The van der Waals surface area contributed by atoms with Crippen molar-refractivity contribution in [1.82, 2.24) is 19.2 Å². The number of hydrogen-bond donors (Lipinski definition) is 1. The minimum Gasteiger partial charge on any atom is -0.497 e. The average Bonchev–Trinajstić information content (AvgIpc) is 3.11. The van der Waals surface area contributed by atoms with Crippen LogP contribution in [-0.2, 0) is 11.3 Å². The number of rotatable bonds is 7. The standard InChI is InChI=1S/C22H21N5O4S/c1-14-4-7-16(8-5-14)32-21-20-25-27(22(29)26(20)11-10-23-21)13-19(28)24-17-9-6-15(30-2)12-18(17)31-3/h4-12H,13H2,1-3H3,(H,24,28). The van der Waals surface area contributed by atoms with Gasteiger partial charge in [-0.05, 0) is 31.2 Å². The van der Waals surface area contributed by atoms with E-state index in [9.17, 15) is 9.59 Å². The van der Waals surface area contributed by atoms with E-state index in [1.165, 1.54) is 29.5 Å². The second-order valence-electron chi connectivity index (χ2n) is 6.90. The van der Waals surface area contributed by atoms with Gasteiger partial charge in [0.05, 0.1) is 19.9 Å². The summed E-state index contributed by atoms with van der Waals surface area (Å²) in [5, 5.41) is 7.67. The van der Waals surface area contributed by atoms with E-state index < -0.39 is 11.6 Å². The molecule has 4 aromatic rings. The van der Waals surface area contributed by atoms with Gasteiger partial charge >= 0.3 is 5.69 Å². The second kappa shape index (κ2) is 9.15. The number of hydrogen-bond acceptors (Lipinski definition) is 7.